The fourth-order valence-electron chi connectivity index (χ4n) is 3.46. The maximum absolute atomic E-state index is 12.5. The standard InChI is InChI=1S/C20H16N4O/c25-19-18(12-14-8-5-7-13-6-1-2-9-15(13)14)24-20(22-19)21-16-10-3-4-11-17(16)23-24/h1-2,5-10,12H,3-4,11H2,(H,21,22,25)/b18-12+. The Hall–Kier alpha value is -3.21. The van der Waals surface area contributed by atoms with Crippen molar-refractivity contribution in [1.82, 2.24) is 19.6 Å². The number of imidazole rings is 1. The lowest BCUT2D eigenvalue weighted by Crippen LogP contribution is -2.30. The molecule has 5 heteroatoms. The summed E-state index contributed by atoms with van der Waals surface area (Å²) in [5, 5.41) is 8.33. The predicted octanol–water partition coefficient (Wildman–Crippen LogP) is 1.52. The van der Waals surface area contributed by atoms with E-state index >= 15 is 0 Å². The molecule has 1 aliphatic carbocycles. The van der Waals surface area contributed by atoms with E-state index in [1.165, 1.54) is 0 Å². The first kappa shape index (κ1) is 14.2. The molecule has 0 saturated heterocycles. The van der Waals surface area contributed by atoms with E-state index in [4.69, 9.17) is 0 Å². The van der Waals surface area contributed by atoms with Gasteiger partial charge in [-0.25, -0.2) is 4.98 Å². The van der Waals surface area contributed by atoms with Gasteiger partial charge in [0.2, 0.25) is 5.78 Å². The van der Waals surface area contributed by atoms with Crippen molar-refractivity contribution in [1.29, 1.82) is 0 Å². The fraction of sp³-hybridized carbons (Fsp3) is 0.150. The molecule has 0 aliphatic heterocycles. The molecule has 0 amide bonds. The predicted molar refractivity (Wildman–Crippen MR) is 97.8 cm³/mol. The minimum Gasteiger partial charge on any atom is -0.289 e. The van der Waals surface area contributed by atoms with Gasteiger partial charge in [-0.15, -0.1) is 0 Å². The number of hydrogen-bond donors (Lipinski definition) is 1. The van der Waals surface area contributed by atoms with Gasteiger partial charge in [0.05, 0.1) is 11.0 Å². The van der Waals surface area contributed by atoms with E-state index in [-0.39, 0.29) is 5.56 Å². The van der Waals surface area contributed by atoms with E-state index in [9.17, 15) is 4.79 Å². The molecular weight excluding hydrogens is 312 g/mol. The summed E-state index contributed by atoms with van der Waals surface area (Å²) < 4.78 is 1.64. The molecule has 0 spiro atoms. The molecule has 1 aliphatic rings. The minimum atomic E-state index is -0.171. The third-order valence-corrected chi connectivity index (χ3v) is 4.70. The van der Waals surface area contributed by atoms with E-state index in [0.717, 1.165) is 46.6 Å². The number of hydrogen-bond acceptors (Lipinski definition) is 3. The summed E-state index contributed by atoms with van der Waals surface area (Å²) in [6, 6.07) is 14.2. The van der Waals surface area contributed by atoms with Crippen LogP contribution in [0.3, 0.4) is 0 Å². The molecule has 25 heavy (non-hydrogen) atoms. The van der Waals surface area contributed by atoms with Crippen LogP contribution in [0.15, 0.2) is 47.3 Å². The number of benzene rings is 2. The van der Waals surface area contributed by atoms with E-state index in [0.29, 0.717) is 11.1 Å². The van der Waals surface area contributed by atoms with Crippen molar-refractivity contribution in [2.24, 2.45) is 0 Å². The zero-order chi connectivity index (χ0) is 16.8. The Kier molecular flexibility index (Phi) is 3.06. The number of rotatable bonds is 1. The van der Waals surface area contributed by atoms with E-state index in [2.05, 4.69) is 39.3 Å². The van der Waals surface area contributed by atoms with Gasteiger partial charge in [0.1, 0.15) is 5.35 Å². The third-order valence-electron chi connectivity index (χ3n) is 4.70. The van der Waals surface area contributed by atoms with Crippen molar-refractivity contribution in [3.05, 3.63) is 74.8 Å². The summed E-state index contributed by atoms with van der Waals surface area (Å²) in [4.78, 5) is 19.9. The summed E-state index contributed by atoms with van der Waals surface area (Å²) in [5.41, 5.74) is 1.78. The van der Waals surface area contributed by atoms with E-state index < -0.39 is 0 Å². The van der Waals surface area contributed by atoms with Crippen LogP contribution < -0.4 is 16.3 Å². The van der Waals surface area contributed by atoms with Crippen molar-refractivity contribution in [2.75, 3.05) is 0 Å². The summed E-state index contributed by atoms with van der Waals surface area (Å²) in [5.74, 6) is 0.494. The molecule has 1 N–H and O–H groups in total. The van der Waals surface area contributed by atoms with Crippen LogP contribution in [0.1, 0.15) is 24.1 Å². The second kappa shape index (κ2) is 5.41. The summed E-state index contributed by atoms with van der Waals surface area (Å²) in [6.45, 7) is 0. The molecule has 2 aromatic heterocycles. The van der Waals surface area contributed by atoms with Crippen LogP contribution in [0, 0.1) is 0 Å². The number of aryl methyl sites for hydroxylation is 1. The number of nitrogens with one attached hydrogen (secondary N) is 1. The van der Waals surface area contributed by atoms with Gasteiger partial charge in [-0.3, -0.25) is 9.78 Å². The largest absolute Gasteiger partial charge is 0.289 e. The number of aromatic nitrogens is 4. The smallest absolute Gasteiger partial charge is 0.276 e. The van der Waals surface area contributed by atoms with Crippen molar-refractivity contribution in [3.63, 3.8) is 0 Å². The Bertz CT molecular complexity index is 1290. The van der Waals surface area contributed by atoms with Gasteiger partial charge < -0.3 is 0 Å². The molecule has 2 aromatic carbocycles. The molecule has 2 heterocycles. The number of aromatic amines is 1. The molecule has 0 radical (unpaired) electrons. The Morgan fingerprint density at radius 3 is 2.96 bits per heavy atom. The van der Waals surface area contributed by atoms with Gasteiger partial charge >= 0.3 is 0 Å². The highest BCUT2D eigenvalue weighted by Crippen LogP contribution is 2.18. The zero-order valence-corrected chi connectivity index (χ0v) is 13.6. The number of nitrogens with zero attached hydrogens (tertiary/aromatic N) is 3. The maximum atomic E-state index is 12.5. The fourth-order valence-corrected chi connectivity index (χ4v) is 3.46. The normalized spacial score (nSPS) is 14.6. The van der Waals surface area contributed by atoms with Crippen LogP contribution in [0.25, 0.3) is 28.7 Å². The maximum Gasteiger partial charge on any atom is 0.276 e. The van der Waals surface area contributed by atoms with Gasteiger partial charge in [0, 0.05) is 0 Å². The molecule has 0 atom stereocenters. The summed E-state index contributed by atoms with van der Waals surface area (Å²) in [6.07, 6.45) is 6.96. The molecule has 0 fully saturated rings. The lowest BCUT2D eigenvalue weighted by atomic mass is 10.0. The first-order valence-corrected chi connectivity index (χ1v) is 8.47. The molecule has 0 bridgehead atoms. The van der Waals surface area contributed by atoms with Crippen LogP contribution >= 0.6 is 0 Å². The van der Waals surface area contributed by atoms with Gasteiger partial charge in [-0.1, -0.05) is 48.5 Å². The number of H-pyrrole nitrogens is 1. The molecule has 0 unspecified atom stereocenters. The topological polar surface area (TPSA) is 63.0 Å². The van der Waals surface area contributed by atoms with Crippen LogP contribution in [-0.2, 0) is 6.42 Å². The first-order chi connectivity index (χ1) is 12.3. The lowest BCUT2D eigenvalue weighted by molar-refractivity contribution is 0.730. The lowest BCUT2D eigenvalue weighted by Gasteiger charge is -2.06. The zero-order valence-electron chi connectivity index (χ0n) is 13.6. The van der Waals surface area contributed by atoms with Crippen molar-refractivity contribution >= 4 is 28.7 Å². The summed E-state index contributed by atoms with van der Waals surface area (Å²) >= 11 is 0. The minimum absolute atomic E-state index is 0.171. The van der Waals surface area contributed by atoms with Crippen molar-refractivity contribution < 1.29 is 0 Å². The molecule has 5 rings (SSSR count). The van der Waals surface area contributed by atoms with Crippen molar-refractivity contribution in [2.45, 2.75) is 19.3 Å². The van der Waals surface area contributed by atoms with Gasteiger partial charge in [-0.2, -0.15) is 9.61 Å². The van der Waals surface area contributed by atoms with Gasteiger partial charge in [0.15, 0.2) is 0 Å². The third kappa shape index (κ3) is 2.28. The first-order valence-electron chi connectivity index (χ1n) is 8.47. The van der Waals surface area contributed by atoms with Crippen LogP contribution in [0.2, 0.25) is 0 Å². The Balaban J connectivity index is 1.84. The molecule has 122 valence electrons. The second-order valence-electron chi connectivity index (χ2n) is 6.33. The number of fused-ring (bicyclic) bond motifs is 3. The second-order valence-corrected chi connectivity index (χ2v) is 6.33. The SMILES string of the molecule is O=c1[nH]c2nc3c(nn2/c1=C/c1cccc2ccccc12)CCCC=3. The highest BCUT2D eigenvalue weighted by atomic mass is 16.1. The van der Waals surface area contributed by atoms with Crippen LogP contribution in [0.4, 0.5) is 0 Å². The monoisotopic (exact) mass is 328 g/mol. The quantitative estimate of drug-likeness (QED) is 0.576. The Morgan fingerprint density at radius 1 is 1.12 bits per heavy atom. The summed E-state index contributed by atoms with van der Waals surface area (Å²) in [7, 11) is 0. The van der Waals surface area contributed by atoms with Crippen LogP contribution in [0.5, 0.6) is 0 Å². The van der Waals surface area contributed by atoms with E-state index in [1.54, 1.807) is 4.52 Å². The van der Waals surface area contributed by atoms with Crippen molar-refractivity contribution in [3.8, 4) is 0 Å². The Labute approximate surface area is 143 Å². The average Bonchev–Trinajstić information content (AvgIpc) is 2.95. The average molecular weight is 328 g/mol. The highest BCUT2D eigenvalue weighted by Gasteiger charge is 2.10. The molecule has 5 nitrogen and oxygen atoms in total. The van der Waals surface area contributed by atoms with E-state index in [1.807, 2.05) is 30.3 Å². The van der Waals surface area contributed by atoms with Gasteiger partial charge in [0.25, 0.3) is 5.56 Å². The Morgan fingerprint density at radius 2 is 2.00 bits per heavy atom. The molecule has 4 aromatic rings. The van der Waals surface area contributed by atoms with Crippen LogP contribution in [-0.4, -0.2) is 19.6 Å². The molecule has 0 saturated carbocycles. The van der Waals surface area contributed by atoms with Gasteiger partial charge in [-0.05, 0) is 41.7 Å². The highest BCUT2D eigenvalue weighted by molar-refractivity contribution is 5.90. The molecular formula is C20H16N4O.